The first-order valence-corrected chi connectivity index (χ1v) is 8.44. The Kier molecular flexibility index (Phi) is 4.70. The van der Waals surface area contributed by atoms with Crippen LogP contribution in [0.3, 0.4) is 0 Å². The second-order valence-corrected chi connectivity index (χ2v) is 6.34. The molecule has 1 aliphatic rings. The molecule has 2 aromatic carbocycles. The Labute approximate surface area is 148 Å². The van der Waals surface area contributed by atoms with E-state index in [-0.39, 0.29) is 24.3 Å². The average Bonchev–Trinajstić information content (AvgIpc) is 2.85. The van der Waals surface area contributed by atoms with Gasteiger partial charge in [-0.2, -0.15) is 0 Å². The first-order valence-electron chi connectivity index (χ1n) is 8.44. The van der Waals surface area contributed by atoms with Gasteiger partial charge in [0.2, 0.25) is 5.91 Å². The van der Waals surface area contributed by atoms with Crippen LogP contribution in [-0.2, 0) is 4.79 Å². The number of carbonyl (C=O) groups is 2. The fourth-order valence-corrected chi connectivity index (χ4v) is 3.25. The minimum Gasteiger partial charge on any atom is -0.350 e. The lowest BCUT2D eigenvalue weighted by Gasteiger charge is -2.19. The Morgan fingerprint density at radius 2 is 1.76 bits per heavy atom. The molecule has 2 aromatic rings. The van der Waals surface area contributed by atoms with E-state index >= 15 is 0 Å². The zero-order valence-corrected chi connectivity index (χ0v) is 14.6. The molecule has 4 nitrogen and oxygen atoms in total. The van der Waals surface area contributed by atoms with Crippen LogP contribution in [0.15, 0.2) is 55.1 Å². The first kappa shape index (κ1) is 17.0. The van der Waals surface area contributed by atoms with E-state index < -0.39 is 0 Å². The lowest BCUT2D eigenvalue weighted by atomic mass is 10.0. The lowest BCUT2D eigenvalue weighted by molar-refractivity contribution is -0.121. The summed E-state index contributed by atoms with van der Waals surface area (Å²) in [6, 6.07) is 15.3. The average molecular weight is 334 g/mol. The third-order valence-corrected chi connectivity index (χ3v) is 4.63. The number of benzene rings is 2. The minimum absolute atomic E-state index is 0.0663. The molecular weight excluding hydrogens is 312 g/mol. The van der Waals surface area contributed by atoms with E-state index in [4.69, 9.17) is 0 Å². The van der Waals surface area contributed by atoms with Gasteiger partial charge >= 0.3 is 0 Å². The molecule has 1 heterocycles. The summed E-state index contributed by atoms with van der Waals surface area (Å²) in [4.78, 5) is 26.3. The van der Waals surface area contributed by atoms with Crippen molar-refractivity contribution in [2.24, 2.45) is 0 Å². The van der Waals surface area contributed by atoms with E-state index in [1.807, 2.05) is 56.3 Å². The van der Waals surface area contributed by atoms with E-state index in [1.54, 1.807) is 11.0 Å². The van der Waals surface area contributed by atoms with Crippen molar-refractivity contribution in [2.45, 2.75) is 26.3 Å². The molecule has 0 radical (unpaired) electrons. The molecule has 3 rings (SSSR count). The highest BCUT2D eigenvalue weighted by atomic mass is 16.2. The molecule has 0 spiro atoms. The normalized spacial score (nSPS) is 14.4. The Hall–Kier alpha value is -2.88. The van der Waals surface area contributed by atoms with Gasteiger partial charge in [-0.1, -0.05) is 49.0 Å². The van der Waals surface area contributed by atoms with Crippen LogP contribution in [0.1, 0.15) is 46.4 Å². The highest BCUT2D eigenvalue weighted by Gasteiger charge is 2.30. The summed E-state index contributed by atoms with van der Waals surface area (Å²) in [5.74, 6) is -0.160. The fraction of sp³-hybridized carbons (Fsp3) is 0.238. The van der Waals surface area contributed by atoms with Crippen molar-refractivity contribution in [1.82, 2.24) is 10.2 Å². The predicted molar refractivity (Wildman–Crippen MR) is 98.9 cm³/mol. The van der Waals surface area contributed by atoms with Crippen molar-refractivity contribution in [1.29, 1.82) is 0 Å². The maximum atomic E-state index is 12.4. The monoisotopic (exact) mass is 334 g/mol. The summed E-state index contributed by atoms with van der Waals surface area (Å²) >= 11 is 0. The van der Waals surface area contributed by atoms with Gasteiger partial charge in [0.05, 0.1) is 6.04 Å². The van der Waals surface area contributed by atoms with Gasteiger partial charge in [-0.25, -0.2) is 0 Å². The summed E-state index contributed by atoms with van der Waals surface area (Å²) in [6.07, 6.45) is 0.245. The highest BCUT2D eigenvalue weighted by molar-refractivity contribution is 6.08. The standard InChI is InChI=1S/C21H22N2O2/c1-14-8-4-5-9-17(14)15(2)22-20(24)12-13-23-16(3)18-10-6-7-11-19(18)21(23)25/h4-11,15H,3,12-13H2,1-2H3,(H,22,24). The van der Waals surface area contributed by atoms with Gasteiger partial charge in [0.15, 0.2) is 0 Å². The maximum absolute atomic E-state index is 12.4. The molecule has 128 valence electrons. The van der Waals surface area contributed by atoms with Crippen LogP contribution in [0.2, 0.25) is 0 Å². The number of aryl methyl sites for hydroxylation is 1. The smallest absolute Gasteiger partial charge is 0.258 e. The number of amides is 2. The van der Waals surface area contributed by atoms with Gasteiger partial charge in [0.25, 0.3) is 5.91 Å². The molecule has 4 heteroatoms. The molecule has 0 saturated carbocycles. The molecule has 1 N–H and O–H groups in total. The van der Waals surface area contributed by atoms with Crippen LogP contribution in [0.25, 0.3) is 5.70 Å². The minimum atomic E-state index is -0.0830. The molecule has 0 saturated heterocycles. The number of rotatable bonds is 5. The third-order valence-electron chi connectivity index (χ3n) is 4.63. The van der Waals surface area contributed by atoms with Crippen molar-refractivity contribution in [3.8, 4) is 0 Å². The van der Waals surface area contributed by atoms with Gasteiger partial charge in [-0.05, 0) is 31.0 Å². The van der Waals surface area contributed by atoms with Gasteiger partial charge in [0, 0.05) is 29.8 Å². The zero-order valence-electron chi connectivity index (χ0n) is 14.6. The maximum Gasteiger partial charge on any atom is 0.258 e. The van der Waals surface area contributed by atoms with Crippen LogP contribution < -0.4 is 5.32 Å². The van der Waals surface area contributed by atoms with Gasteiger partial charge in [-0.3, -0.25) is 9.59 Å². The highest BCUT2D eigenvalue weighted by Crippen LogP contribution is 2.31. The molecule has 2 amide bonds. The van der Waals surface area contributed by atoms with E-state index in [2.05, 4.69) is 11.9 Å². The van der Waals surface area contributed by atoms with Crippen molar-refractivity contribution >= 4 is 17.5 Å². The van der Waals surface area contributed by atoms with Gasteiger partial charge in [0.1, 0.15) is 0 Å². The summed E-state index contributed by atoms with van der Waals surface area (Å²) in [5.41, 5.74) is 4.42. The molecule has 0 fully saturated rings. The van der Waals surface area contributed by atoms with E-state index in [0.29, 0.717) is 17.8 Å². The van der Waals surface area contributed by atoms with Crippen molar-refractivity contribution in [3.05, 3.63) is 77.4 Å². The topological polar surface area (TPSA) is 49.4 Å². The second-order valence-electron chi connectivity index (χ2n) is 6.34. The summed E-state index contributed by atoms with van der Waals surface area (Å²) in [6.45, 7) is 8.33. The number of nitrogens with zero attached hydrogens (tertiary/aromatic N) is 1. The molecule has 0 aliphatic carbocycles. The van der Waals surface area contributed by atoms with Crippen molar-refractivity contribution < 1.29 is 9.59 Å². The Morgan fingerprint density at radius 3 is 2.44 bits per heavy atom. The molecule has 1 atom stereocenters. The molecular formula is C21H22N2O2. The number of hydrogen-bond acceptors (Lipinski definition) is 2. The van der Waals surface area contributed by atoms with E-state index in [1.165, 1.54) is 0 Å². The third kappa shape index (κ3) is 3.33. The van der Waals surface area contributed by atoms with Crippen molar-refractivity contribution in [3.63, 3.8) is 0 Å². The summed E-state index contributed by atoms with van der Waals surface area (Å²) < 4.78 is 0. The molecule has 1 unspecified atom stereocenters. The second kappa shape index (κ2) is 6.93. The van der Waals surface area contributed by atoms with Crippen LogP contribution in [-0.4, -0.2) is 23.3 Å². The van der Waals surface area contributed by atoms with E-state index in [9.17, 15) is 9.59 Å². The quantitative estimate of drug-likeness (QED) is 0.906. The number of hydrogen-bond donors (Lipinski definition) is 1. The zero-order chi connectivity index (χ0) is 18.0. The first-order chi connectivity index (χ1) is 12.0. The molecule has 0 bridgehead atoms. The number of fused-ring (bicyclic) bond motifs is 1. The van der Waals surface area contributed by atoms with Gasteiger partial charge < -0.3 is 10.2 Å². The fourth-order valence-electron chi connectivity index (χ4n) is 3.25. The lowest BCUT2D eigenvalue weighted by Crippen LogP contribution is -2.32. The van der Waals surface area contributed by atoms with Crippen LogP contribution >= 0.6 is 0 Å². The van der Waals surface area contributed by atoms with E-state index in [0.717, 1.165) is 16.7 Å². The molecule has 25 heavy (non-hydrogen) atoms. The van der Waals surface area contributed by atoms with Crippen molar-refractivity contribution in [2.75, 3.05) is 6.54 Å². The van der Waals surface area contributed by atoms with Crippen LogP contribution in [0, 0.1) is 6.92 Å². The number of carbonyl (C=O) groups excluding carboxylic acids is 2. The van der Waals surface area contributed by atoms with Gasteiger partial charge in [-0.15, -0.1) is 0 Å². The van der Waals surface area contributed by atoms with Crippen LogP contribution in [0.4, 0.5) is 0 Å². The SMILES string of the molecule is C=C1c2ccccc2C(=O)N1CCC(=O)NC(C)c1ccccc1C. The largest absolute Gasteiger partial charge is 0.350 e. The summed E-state index contributed by atoms with van der Waals surface area (Å²) in [5, 5.41) is 3.01. The summed E-state index contributed by atoms with van der Waals surface area (Å²) in [7, 11) is 0. The molecule has 1 aliphatic heterocycles. The Morgan fingerprint density at radius 1 is 1.12 bits per heavy atom. The predicted octanol–water partition coefficient (Wildman–Crippen LogP) is 3.69. The number of nitrogens with one attached hydrogen (secondary N) is 1. The van der Waals surface area contributed by atoms with Crippen LogP contribution in [0.5, 0.6) is 0 Å². The molecule has 0 aromatic heterocycles. The Balaban J connectivity index is 1.59. The Bertz CT molecular complexity index is 806.